The molecule has 3 rings (SSSR count). The molecule has 20 heavy (non-hydrogen) atoms. The van der Waals surface area contributed by atoms with E-state index >= 15 is 0 Å². The van der Waals surface area contributed by atoms with E-state index in [1.54, 1.807) is 30.0 Å². The number of anilines is 2. The summed E-state index contributed by atoms with van der Waals surface area (Å²) in [5.74, 6) is -0.201. The largest absolute Gasteiger partial charge is 0.384 e. The van der Waals surface area contributed by atoms with Crippen molar-refractivity contribution in [2.75, 3.05) is 17.2 Å². The summed E-state index contributed by atoms with van der Waals surface area (Å²) in [6.45, 7) is 2.34. The van der Waals surface area contributed by atoms with E-state index in [1.165, 1.54) is 12.1 Å². The Balaban J connectivity index is 1.99. The summed E-state index contributed by atoms with van der Waals surface area (Å²) in [6, 6.07) is 7.78. The number of carbonyl (C=O) groups excluding carboxylic acids is 1. The lowest BCUT2D eigenvalue weighted by Crippen LogP contribution is -2.29. The third-order valence-corrected chi connectivity index (χ3v) is 3.41. The van der Waals surface area contributed by atoms with Gasteiger partial charge >= 0.3 is 0 Å². The average molecular weight is 271 g/mol. The molecule has 102 valence electrons. The van der Waals surface area contributed by atoms with E-state index in [-0.39, 0.29) is 11.7 Å². The van der Waals surface area contributed by atoms with Crippen molar-refractivity contribution in [3.8, 4) is 0 Å². The van der Waals surface area contributed by atoms with Crippen molar-refractivity contribution >= 4 is 17.4 Å². The second-order valence-electron chi connectivity index (χ2n) is 4.90. The third-order valence-electron chi connectivity index (χ3n) is 3.41. The highest BCUT2D eigenvalue weighted by Gasteiger charge is 2.26. The summed E-state index contributed by atoms with van der Waals surface area (Å²) >= 11 is 0. The van der Waals surface area contributed by atoms with E-state index in [0.29, 0.717) is 29.3 Å². The van der Waals surface area contributed by atoms with Crippen molar-refractivity contribution < 1.29 is 9.18 Å². The molecule has 1 amide bonds. The molecule has 0 unspecified atom stereocenters. The molecule has 0 bridgehead atoms. The average Bonchev–Trinajstić information content (AvgIpc) is 2.79. The number of aryl methyl sites for hydroxylation is 1. The lowest BCUT2D eigenvalue weighted by Gasteiger charge is -2.17. The Kier molecular flexibility index (Phi) is 2.89. The van der Waals surface area contributed by atoms with E-state index in [1.807, 2.05) is 0 Å². The molecular weight excluding hydrogens is 257 g/mol. The molecule has 0 saturated carbocycles. The van der Waals surface area contributed by atoms with Gasteiger partial charge in [0.25, 0.3) is 5.91 Å². The summed E-state index contributed by atoms with van der Waals surface area (Å²) in [6.07, 6.45) is 0.737. The predicted octanol–water partition coefficient (Wildman–Crippen LogP) is 2.31. The maximum atomic E-state index is 13.4. The second kappa shape index (κ2) is 4.59. The molecule has 2 heterocycles. The highest BCUT2D eigenvalue weighted by Crippen LogP contribution is 2.30. The lowest BCUT2D eigenvalue weighted by molar-refractivity contribution is 0.0989. The Labute approximate surface area is 116 Å². The van der Waals surface area contributed by atoms with Gasteiger partial charge in [0.1, 0.15) is 11.6 Å². The quantitative estimate of drug-likeness (QED) is 0.866. The molecule has 5 heteroatoms. The number of hydrogen-bond donors (Lipinski definition) is 1. The first kappa shape index (κ1) is 12.6. The Bertz CT molecular complexity index is 679. The number of carbonyl (C=O) groups is 1. The molecule has 2 N–H and O–H groups in total. The molecule has 0 aliphatic carbocycles. The number of nitrogens with zero attached hydrogens (tertiary/aromatic N) is 2. The highest BCUT2D eigenvalue weighted by atomic mass is 19.1. The van der Waals surface area contributed by atoms with Crippen molar-refractivity contribution in [2.45, 2.75) is 13.3 Å². The van der Waals surface area contributed by atoms with Crippen LogP contribution in [0.25, 0.3) is 0 Å². The fourth-order valence-electron chi connectivity index (χ4n) is 2.54. The zero-order valence-corrected chi connectivity index (χ0v) is 11.1. The number of amides is 1. The van der Waals surface area contributed by atoms with Gasteiger partial charge in [0, 0.05) is 17.8 Å². The number of pyridine rings is 1. The SMILES string of the molecule is Cc1cc(C(=O)N2CCc3ccc(F)cc32)cc(N)n1. The summed E-state index contributed by atoms with van der Waals surface area (Å²) in [5, 5.41) is 0. The van der Waals surface area contributed by atoms with Gasteiger partial charge in [0.05, 0.1) is 5.69 Å². The minimum Gasteiger partial charge on any atom is -0.384 e. The van der Waals surface area contributed by atoms with Gasteiger partial charge in [0.15, 0.2) is 0 Å². The molecule has 0 fully saturated rings. The number of fused-ring (bicyclic) bond motifs is 1. The van der Waals surface area contributed by atoms with Crippen LogP contribution in [0.5, 0.6) is 0 Å². The van der Waals surface area contributed by atoms with Gasteiger partial charge < -0.3 is 10.6 Å². The fraction of sp³-hybridized carbons (Fsp3) is 0.200. The topological polar surface area (TPSA) is 59.2 Å². The molecular formula is C15H14FN3O. The molecule has 0 saturated heterocycles. The Morgan fingerprint density at radius 3 is 2.90 bits per heavy atom. The smallest absolute Gasteiger partial charge is 0.258 e. The van der Waals surface area contributed by atoms with Crippen molar-refractivity contribution in [3.63, 3.8) is 0 Å². The summed E-state index contributed by atoms with van der Waals surface area (Å²) in [7, 11) is 0. The first-order valence-electron chi connectivity index (χ1n) is 6.39. The molecule has 0 atom stereocenters. The first-order valence-corrected chi connectivity index (χ1v) is 6.39. The summed E-state index contributed by atoms with van der Waals surface area (Å²) in [5.41, 5.74) is 8.47. The summed E-state index contributed by atoms with van der Waals surface area (Å²) in [4.78, 5) is 18.2. The Hall–Kier alpha value is -2.43. The number of benzene rings is 1. The fourth-order valence-corrected chi connectivity index (χ4v) is 2.54. The molecule has 1 aromatic heterocycles. The number of halogens is 1. The molecule has 1 aliphatic rings. The van der Waals surface area contributed by atoms with Crippen molar-refractivity contribution in [2.24, 2.45) is 0 Å². The zero-order valence-electron chi connectivity index (χ0n) is 11.1. The van der Waals surface area contributed by atoms with Gasteiger partial charge in [-0.05, 0) is 43.2 Å². The minimum atomic E-state index is -0.339. The zero-order chi connectivity index (χ0) is 14.3. The second-order valence-corrected chi connectivity index (χ2v) is 4.90. The maximum absolute atomic E-state index is 13.4. The van der Waals surface area contributed by atoms with Gasteiger partial charge in [-0.25, -0.2) is 9.37 Å². The molecule has 1 aliphatic heterocycles. The molecule has 2 aromatic rings. The summed E-state index contributed by atoms with van der Waals surface area (Å²) < 4.78 is 13.4. The number of nitrogen functional groups attached to an aromatic ring is 1. The minimum absolute atomic E-state index is 0.174. The Morgan fingerprint density at radius 2 is 2.15 bits per heavy atom. The van der Waals surface area contributed by atoms with Crippen LogP contribution in [0, 0.1) is 12.7 Å². The highest BCUT2D eigenvalue weighted by molar-refractivity contribution is 6.07. The van der Waals surface area contributed by atoms with Crippen LogP contribution in [0.3, 0.4) is 0 Å². The third kappa shape index (κ3) is 2.11. The van der Waals surface area contributed by atoms with Gasteiger partial charge in [-0.3, -0.25) is 4.79 Å². The van der Waals surface area contributed by atoms with E-state index in [9.17, 15) is 9.18 Å². The molecule has 0 spiro atoms. The van der Waals surface area contributed by atoms with Crippen LogP contribution >= 0.6 is 0 Å². The van der Waals surface area contributed by atoms with Crippen LogP contribution in [0.1, 0.15) is 21.6 Å². The van der Waals surface area contributed by atoms with Gasteiger partial charge in [-0.15, -0.1) is 0 Å². The normalized spacial score (nSPS) is 13.4. The van der Waals surface area contributed by atoms with Crippen LogP contribution in [0.4, 0.5) is 15.9 Å². The standard InChI is InChI=1S/C15H14FN3O/c1-9-6-11(7-14(17)18-9)15(20)19-5-4-10-2-3-12(16)8-13(10)19/h2-3,6-8H,4-5H2,1H3,(H2,17,18). The van der Waals surface area contributed by atoms with E-state index in [0.717, 1.165) is 12.0 Å². The molecule has 4 nitrogen and oxygen atoms in total. The van der Waals surface area contributed by atoms with E-state index < -0.39 is 0 Å². The van der Waals surface area contributed by atoms with Gasteiger partial charge in [0.2, 0.25) is 0 Å². The lowest BCUT2D eigenvalue weighted by atomic mass is 10.1. The van der Waals surface area contributed by atoms with E-state index in [4.69, 9.17) is 5.73 Å². The van der Waals surface area contributed by atoms with Crippen molar-refractivity contribution in [3.05, 3.63) is 53.0 Å². The number of rotatable bonds is 1. The Morgan fingerprint density at radius 1 is 1.35 bits per heavy atom. The molecule has 1 aromatic carbocycles. The van der Waals surface area contributed by atoms with Crippen LogP contribution < -0.4 is 10.6 Å². The maximum Gasteiger partial charge on any atom is 0.258 e. The van der Waals surface area contributed by atoms with Gasteiger partial charge in [-0.2, -0.15) is 0 Å². The van der Waals surface area contributed by atoms with Crippen molar-refractivity contribution in [1.29, 1.82) is 0 Å². The number of aromatic nitrogens is 1. The monoisotopic (exact) mass is 271 g/mol. The van der Waals surface area contributed by atoms with Crippen LogP contribution in [-0.4, -0.2) is 17.4 Å². The van der Waals surface area contributed by atoms with Crippen LogP contribution in [0.15, 0.2) is 30.3 Å². The first-order chi connectivity index (χ1) is 9.54. The van der Waals surface area contributed by atoms with Crippen molar-refractivity contribution in [1.82, 2.24) is 4.98 Å². The van der Waals surface area contributed by atoms with E-state index in [2.05, 4.69) is 4.98 Å². The number of nitrogens with two attached hydrogens (primary N) is 1. The predicted molar refractivity (Wildman–Crippen MR) is 75.2 cm³/mol. The molecule has 0 radical (unpaired) electrons. The van der Waals surface area contributed by atoms with Crippen LogP contribution in [0.2, 0.25) is 0 Å². The van der Waals surface area contributed by atoms with Gasteiger partial charge in [-0.1, -0.05) is 6.07 Å². The number of hydrogen-bond acceptors (Lipinski definition) is 3. The van der Waals surface area contributed by atoms with Crippen LogP contribution in [-0.2, 0) is 6.42 Å².